The van der Waals surface area contributed by atoms with Crippen LogP contribution in [0.5, 0.6) is 0 Å². The number of hydrogen-bond donors (Lipinski definition) is 1. The summed E-state index contributed by atoms with van der Waals surface area (Å²) in [5.74, 6) is 4.14. The molecule has 0 aromatic rings. The summed E-state index contributed by atoms with van der Waals surface area (Å²) in [4.78, 5) is 0. The van der Waals surface area contributed by atoms with E-state index in [1.807, 2.05) is 0 Å². The second-order valence-corrected chi connectivity index (χ2v) is 11.3. The number of rotatable bonds is 6. The molecule has 1 heteroatoms. The van der Waals surface area contributed by atoms with Crippen molar-refractivity contribution in [3.8, 4) is 0 Å². The van der Waals surface area contributed by atoms with Crippen LogP contribution in [-0.4, -0.2) is 11.2 Å². The largest absolute Gasteiger partial charge is 0.393 e. The van der Waals surface area contributed by atoms with Gasteiger partial charge in [-0.05, 0) is 91.9 Å². The SMILES string of the molecule is C=C1CC[C@H](O)C/C1=C/C=C1\CCC[C@]2(C)[C@@H]([C@H](C)CC[C@@H](C)C(C)C)CC[C@@H]12. The number of hydrogen-bond acceptors (Lipinski definition) is 1. The van der Waals surface area contributed by atoms with Gasteiger partial charge in [-0.25, -0.2) is 0 Å². The molecule has 3 saturated carbocycles. The predicted octanol–water partition coefficient (Wildman–Crippen LogP) is 7.87. The Kier molecular flexibility index (Phi) is 7.52. The van der Waals surface area contributed by atoms with Gasteiger partial charge in [0.25, 0.3) is 0 Å². The van der Waals surface area contributed by atoms with E-state index in [1.54, 1.807) is 5.57 Å². The molecule has 0 heterocycles. The van der Waals surface area contributed by atoms with Crippen LogP contribution >= 0.6 is 0 Å². The molecule has 3 fully saturated rings. The van der Waals surface area contributed by atoms with Crippen molar-refractivity contribution in [2.75, 3.05) is 0 Å². The Labute approximate surface area is 180 Å². The lowest BCUT2D eigenvalue weighted by atomic mass is 9.60. The Morgan fingerprint density at radius 1 is 1.07 bits per heavy atom. The minimum atomic E-state index is -0.174. The molecular weight excluding hydrogens is 352 g/mol. The number of aliphatic hydroxyl groups is 1. The molecule has 0 aromatic carbocycles. The van der Waals surface area contributed by atoms with Crippen molar-refractivity contribution < 1.29 is 5.11 Å². The quantitative estimate of drug-likeness (QED) is 0.482. The highest BCUT2D eigenvalue weighted by molar-refractivity contribution is 5.36. The van der Waals surface area contributed by atoms with Crippen LogP contribution in [0.1, 0.15) is 98.8 Å². The van der Waals surface area contributed by atoms with Gasteiger partial charge in [0.2, 0.25) is 0 Å². The summed E-state index contributed by atoms with van der Waals surface area (Å²) in [6.45, 7) is 16.6. The molecule has 29 heavy (non-hydrogen) atoms. The molecule has 0 bridgehead atoms. The van der Waals surface area contributed by atoms with Crippen molar-refractivity contribution in [3.63, 3.8) is 0 Å². The van der Waals surface area contributed by atoms with Crippen molar-refractivity contribution in [3.05, 3.63) is 35.5 Å². The van der Waals surface area contributed by atoms with Gasteiger partial charge < -0.3 is 5.11 Å². The molecule has 164 valence electrons. The molecule has 1 nitrogen and oxygen atoms in total. The average molecular weight is 399 g/mol. The second-order valence-electron chi connectivity index (χ2n) is 11.3. The lowest BCUT2D eigenvalue weighted by molar-refractivity contribution is 0.0907. The van der Waals surface area contributed by atoms with Crippen LogP contribution in [0.4, 0.5) is 0 Å². The molecule has 3 aliphatic rings. The van der Waals surface area contributed by atoms with E-state index in [-0.39, 0.29) is 6.10 Å². The van der Waals surface area contributed by atoms with Crippen LogP contribution in [0.15, 0.2) is 35.5 Å². The van der Waals surface area contributed by atoms with Crippen molar-refractivity contribution in [2.45, 2.75) is 105 Å². The van der Waals surface area contributed by atoms with Crippen molar-refractivity contribution in [1.82, 2.24) is 0 Å². The standard InChI is InChI=1S/C28H46O/c1-19(2)20(3)9-10-22(5)26-15-16-27-23(8-7-17-28(26,27)6)12-13-24-18-25(29)14-11-21(24)4/h12-13,19-20,22,25-27,29H,4,7-11,14-18H2,1-3,5-6H3/b23-12+,24-13-/t20-,22-,25+,26-,27+,28-/m1/s1. The molecule has 6 atom stereocenters. The Morgan fingerprint density at radius 3 is 2.55 bits per heavy atom. The third-order valence-electron chi connectivity index (χ3n) is 9.13. The van der Waals surface area contributed by atoms with E-state index in [0.717, 1.165) is 48.9 Å². The van der Waals surface area contributed by atoms with Crippen molar-refractivity contribution in [1.29, 1.82) is 0 Å². The topological polar surface area (TPSA) is 20.2 Å². The van der Waals surface area contributed by atoms with Gasteiger partial charge in [-0.15, -0.1) is 0 Å². The summed E-state index contributed by atoms with van der Waals surface area (Å²) in [5, 5.41) is 10.0. The van der Waals surface area contributed by atoms with E-state index in [4.69, 9.17) is 0 Å². The van der Waals surface area contributed by atoms with E-state index < -0.39 is 0 Å². The smallest absolute Gasteiger partial charge is 0.0583 e. The summed E-state index contributed by atoms with van der Waals surface area (Å²) in [7, 11) is 0. The van der Waals surface area contributed by atoms with Gasteiger partial charge in [0.05, 0.1) is 6.10 Å². The fraction of sp³-hybridized carbons (Fsp3) is 0.786. The Bertz CT molecular complexity index is 639. The summed E-state index contributed by atoms with van der Waals surface area (Å²) in [5.41, 5.74) is 4.70. The fourth-order valence-corrected chi connectivity index (χ4v) is 6.67. The molecule has 3 aliphatic carbocycles. The van der Waals surface area contributed by atoms with Crippen LogP contribution in [0, 0.1) is 35.0 Å². The van der Waals surface area contributed by atoms with Gasteiger partial charge in [0.15, 0.2) is 0 Å². The van der Waals surface area contributed by atoms with Gasteiger partial charge in [-0.3, -0.25) is 0 Å². The average Bonchev–Trinajstić information content (AvgIpc) is 3.04. The highest BCUT2D eigenvalue weighted by Crippen LogP contribution is 2.60. The summed E-state index contributed by atoms with van der Waals surface area (Å²) >= 11 is 0. The van der Waals surface area contributed by atoms with Crippen LogP contribution in [-0.2, 0) is 0 Å². The molecule has 0 spiro atoms. The lowest BCUT2D eigenvalue weighted by Crippen LogP contribution is -2.36. The predicted molar refractivity (Wildman–Crippen MR) is 126 cm³/mol. The highest BCUT2D eigenvalue weighted by Gasteiger charge is 2.50. The maximum Gasteiger partial charge on any atom is 0.0583 e. The Hall–Kier alpha value is -0.820. The maximum atomic E-state index is 10.0. The monoisotopic (exact) mass is 398 g/mol. The van der Waals surface area contributed by atoms with Gasteiger partial charge >= 0.3 is 0 Å². The van der Waals surface area contributed by atoms with E-state index in [9.17, 15) is 5.11 Å². The zero-order valence-corrected chi connectivity index (χ0v) is 19.8. The summed E-state index contributed by atoms with van der Waals surface area (Å²) in [6, 6.07) is 0. The Morgan fingerprint density at radius 2 is 1.83 bits per heavy atom. The summed E-state index contributed by atoms with van der Waals surface area (Å²) < 4.78 is 0. The molecule has 0 radical (unpaired) electrons. The van der Waals surface area contributed by atoms with Crippen molar-refractivity contribution in [2.24, 2.45) is 35.0 Å². The fourth-order valence-electron chi connectivity index (χ4n) is 6.67. The zero-order valence-electron chi connectivity index (χ0n) is 19.8. The maximum absolute atomic E-state index is 10.0. The molecule has 0 aromatic heterocycles. The van der Waals surface area contributed by atoms with Crippen LogP contribution < -0.4 is 0 Å². The van der Waals surface area contributed by atoms with Gasteiger partial charge in [-0.2, -0.15) is 0 Å². The van der Waals surface area contributed by atoms with E-state index in [1.165, 1.54) is 56.1 Å². The molecule has 0 amide bonds. The number of aliphatic hydroxyl groups excluding tert-OH is 1. The van der Waals surface area contributed by atoms with Crippen LogP contribution in [0.2, 0.25) is 0 Å². The van der Waals surface area contributed by atoms with E-state index in [0.29, 0.717) is 5.41 Å². The number of allylic oxidation sites excluding steroid dienone is 4. The van der Waals surface area contributed by atoms with Gasteiger partial charge in [0, 0.05) is 0 Å². The van der Waals surface area contributed by atoms with E-state index in [2.05, 4.69) is 53.3 Å². The van der Waals surface area contributed by atoms with E-state index >= 15 is 0 Å². The summed E-state index contributed by atoms with van der Waals surface area (Å²) in [6.07, 6.45) is 16.8. The second kappa shape index (κ2) is 9.54. The minimum Gasteiger partial charge on any atom is -0.393 e. The van der Waals surface area contributed by atoms with Gasteiger partial charge in [0.1, 0.15) is 0 Å². The molecule has 0 unspecified atom stereocenters. The first-order valence-corrected chi connectivity index (χ1v) is 12.5. The van der Waals surface area contributed by atoms with Crippen LogP contribution in [0.25, 0.3) is 0 Å². The third kappa shape index (κ3) is 5.09. The molecule has 0 aliphatic heterocycles. The van der Waals surface area contributed by atoms with Crippen LogP contribution in [0.3, 0.4) is 0 Å². The molecule has 3 rings (SSSR count). The highest BCUT2D eigenvalue weighted by atomic mass is 16.3. The lowest BCUT2D eigenvalue weighted by Gasteiger charge is -2.44. The van der Waals surface area contributed by atoms with Crippen molar-refractivity contribution >= 4 is 0 Å². The van der Waals surface area contributed by atoms with Gasteiger partial charge in [-0.1, -0.05) is 77.3 Å². The Balaban J connectivity index is 1.70. The zero-order chi connectivity index (χ0) is 21.2. The molecule has 0 saturated heterocycles. The number of fused-ring (bicyclic) bond motifs is 1. The molecule has 1 N–H and O–H groups in total. The third-order valence-corrected chi connectivity index (χ3v) is 9.13. The normalized spacial score (nSPS) is 37.9. The minimum absolute atomic E-state index is 0.174. The first kappa shape index (κ1) is 22.9. The molecular formula is C28H46O. The first-order valence-electron chi connectivity index (χ1n) is 12.5. The first-order chi connectivity index (χ1) is 13.7.